The average Bonchev–Trinajstić information content (AvgIpc) is 2.14. The van der Waals surface area contributed by atoms with Gasteiger partial charge in [-0.2, -0.15) is 0 Å². The van der Waals surface area contributed by atoms with Crippen molar-refractivity contribution >= 4 is 0 Å². The number of hydrogen-bond donors (Lipinski definition) is 0. The van der Waals surface area contributed by atoms with E-state index in [0.717, 1.165) is 12.3 Å². The minimum absolute atomic E-state index is 0.297. The molecular weight excluding hydrogens is 178 g/mol. The van der Waals surface area contributed by atoms with E-state index in [0.29, 0.717) is 6.79 Å². The van der Waals surface area contributed by atoms with Crippen molar-refractivity contribution in [3.63, 3.8) is 0 Å². The van der Waals surface area contributed by atoms with Crippen LogP contribution in [0.2, 0.25) is 0 Å². The second-order valence-corrected chi connectivity index (χ2v) is 3.44. The van der Waals surface area contributed by atoms with E-state index in [9.17, 15) is 0 Å². The van der Waals surface area contributed by atoms with Gasteiger partial charge >= 0.3 is 0 Å². The van der Waals surface area contributed by atoms with Crippen LogP contribution >= 0.6 is 0 Å². The molecule has 0 heterocycles. The summed E-state index contributed by atoms with van der Waals surface area (Å²) in [6.45, 7) is 1.22. The van der Waals surface area contributed by atoms with Crippen LogP contribution in [0.25, 0.3) is 0 Å². The van der Waals surface area contributed by atoms with Crippen molar-refractivity contribution in [2.75, 3.05) is 28.0 Å². The molecule has 14 heavy (non-hydrogen) atoms. The fourth-order valence-corrected chi connectivity index (χ4v) is 1.23. The Balaban J connectivity index is 2.59. The van der Waals surface area contributed by atoms with E-state index >= 15 is 0 Å². The first-order chi connectivity index (χ1) is 6.72. The molecule has 0 saturated heterocycles. The first kappa shape index (κ1) is 11.0. The van der Waals surface area contributed by atoms with Crippen LogP contribution in [0.1, 0.15) is 5.56 Å². The predicted octanol–water partition coefficient (Wildman–Crippen LogP) is 1.73. The van der Waals surface area contributed by atoms with Crippen molar-refractivity contribution in [3.05, 3.63) is 29.8 Å². The zero-order valence-corrected chi connectivity index (χ0v) is 8.99. The van der Waals surface area contributed by atoms with Crippen molar-refractivity contribution in [1.29, 1.82) is 0 Å². The molecule has 0 spiro atoms. The Morgan fingerprint density at radius 3 is 2.71 bits per heavy atom. The first-order valence-electron chi connectivity index (χ1n) is 4.58. The summed E-state index contributed by atoms with van der Waals surface area (Å²) in [5, 5.41) is 0. The molecule has 0 N–H and O–H groups in total. The molecule has 0 unspecified atom stereocenters. The van der Waals surface area contributed by atoms with Gasteiger partial charge in [-0.1, -0.05) is 12.1 Å². The van der Waals surface area contributed by atoms with E-state index in [-0.39, 0.29) is 0 Å². The van der Waals surface area contributed by atoms with Crippen LogP contribution in [-0.2, 0) is 11.3 Å². The number of ether oxygens (including phenoxy) is 2. The van der Waals surface area contributed by atoms with Crippen LogP contribution in [0.3, 0.4) is 0 Å². The zero-order valence-electron chi connectivity index (χ0n) is 8.99. The summed E-state index contributed by atoms with van der Waals surface area (Å²) in [4.78, 5) is 2.12. The minimum atomic E-state index is 0.297. The van der Waals surface area contributed by atoms with Gasteiger partial charge in [0.05, 0.1) is 0 Å². The van der Waals surface area contributed by atoms with Crippen molar-refractivity contribution in [2.24, 2.45) is 0 Å². The molecule has 0 fully saturated rings. The highest BCUT2D eigenvalue weighted by molar-refractivity contribution is 5.28. The lowest BCUT2D eigenvalue weighted by atomic mass is 10.2. The van der Waals surface area contributed by atoms with Gasteiger partial charge in [0.1, 0.15) is 5.75 Å². The van der Waals surface area contributed by atoms with Gasteiger partial charge in [0, 0.05) is 13.7 Å². The molecule has 0 aliphatic heterocycles. The van der Waals surface area contributed by atoms with Crippen LogP contribution in [-0.4, -0.2) is 32.9 Å². The van der Waals surface area contributed by atoms with Crippen molar-refractivity contribution in [3.8, 4) is 5.75 Å². The molecule has 0 atom stereocenters. The van der Waals surface area contributed by atoms with Crippen molar-refractivity contribution in [1.82, 2.24) is 4.90 Å². The van der Waals surface area contributed by atoms with Gasteiger partial charge in [-0.15, -0.1) is 0 Å². The normalized spacial score (nSPS) is 10.6. The highest BCUT2D eigenvalue weighted by atomic mass is 16.7. The first-order valence-corrected chi connectivity index (χ1v) is 4.58. The van der Waals surface area contributed by atoms with E-state index in [1.165, 1.54) is 5.56 Å². The number of benzene rings is 1. The van der Waals surface area contributed by atoms with Gasteiger partial charge in [0.15, 0.2) is 6.79 Å². The number of methoxy groups -OCH3 is 1. The highest BCUT2D eigenvalue weighted by Crippen LogP contribution is 2.13. The van der Waals surface area contributed by atoms with E-state index in [1.54, 1.807) is 7.11 Å². The fraction of sp³-hybridized carbons (Fsp3) is 0.455. The Labute approximate surface area is 85.2 Å². The van der Waals surface area contributed by atoms with E-state index < -0.39 is 0 Å². The van der Waals surface area contributed by atoms with E-state index in [1.807, 2.05) is 32.3 Å². The van der Waals surface area contributed by atoms with Gasteiger partial charge in [-0.25, -0.2) is 0 Å². The van der Waals surface area contributed by atoms with Gasteiger partial charge in [-0.05, 0) is 31.8 Å². The molecule has 3 heteroatoms. The van der Waals surface area contributed by atoms with Crippen LogP contribution in [0.15, 0.2) is 24.3 Å². The summed E-state index contributed by atoms with van der Waals surface area (Å²) in [6.07, 6.45) is 0. The molecule has 1 aromatic rings. The Hall–Kier alpha value is -1.06. The zero-order chi connectivity index (χ0) is 10.4. The maximum absolute atomic E-state index is 5.34. The largest absolute Gasteiger partial charge is 0.468 e. The van der Waals surface area contributed by atoms with Crippen molar-refractivity contribution < 1.29 is 9.47 Å². The third-order valence-corrected chi connectivity index (χ3v) is 1.74. The van der Waals surface area contributed by atoms with Crippen molar-refractivity contribution in [2.45, 2.75) is 6.54 Å². The summed E-state index contributed by atoms with van der Waals surface area (Å²) < 4.78 is 10.2. The molecule has 0 radical (unpaired) electrons. The fourth-order valence-electron chi connectivity index (χ4n) is 1.23. The lowest BCUT2D eigenvalue weighted by Crippen LogP contribution is -2.10. The third-order valence-electron chi connectivity index (χ3n) is 1.74. The van der Waals surface area contributed by atoms with Crippen LogP contribution < -0.4 is 4.74 Å². The van der Waals surface area contributed by atoms with Gasteiger partial charge in [0.25, 0.3) is 0 Å². The lowest BCUT2D eigenvalue weighted by molar-refractivity contribution is 0.0510. The number of nitrogens with zero attached hydrogens (tertiary/aromatic N) is 1. The van der Waals surface area contributed by atoms with Gasteiger partial charge < -0.3 is 14.4 Å². The van der Waals surface area contributed by atoms with Crippen LogP contribution in [0, 0.1) is 0 Å². The lowest BCUT2D eigenvalue weighted by Gasteiger charge is -2.11. The Morgan fingerprint density at radius 2 is 2.07 bits per heavy atom. The molecule has 0 aromatic heterocycles. The molecule has 3 nitrogen and oxygen atoms in total. The molecule has 1 aromatic carbocycles. The monoisotopic (exact) mass is 195 g/mol. The average molecular weight is 195 g/mol. The summed E-state index contributed by atoms with van der Waals surface area (Å²) >= 11 is 0. The molecular formula is C11H17NO2. The second kappa shape index (κ2) is 5.62. The Kier molecular flexibility index (Phi) is 4.43. The molecule has 0 bridgehead atoms. The Bertz CT molecular complexity index is 274. The minimum Gasteiger partial charge on any atom is -0.468 e. The van der Waals surface area contributed by atoms with E-state index in [2.05, 4.69) is 11.0 Å². The SMILES string of the molecule is COCOc1cccc(CN(C)C)c1. The number of rotatable bonds is 5. The summed E-state index contributed by atoms with van der Waals surface area (Å²) in [5.74, 6) is 0.853. The predicted molar refractivity (Wildman–Crippen MR) is 56.3 cm³/mol. The summed E-state index contributed by atoms with van der Waals surface area (Å²) in [7, 11) is 5.70. The molecule has 0 saturated carbocycles. The summed E-state index contributed by atoms with van der Waals surface area (Å²) in [6, 6.07) is 8.03. The van der Waals surface area contributed by atoms with E-state index in [4.69, 9.17) is 9.47 Å². The van der Waals surface area contributed by atoms with Gasteiger partial charge in [-0.3, -0.25) is 0 Å². The maximum Gasteiger partial charge on any atom is 0.188 e. The topological polar surface area (TPSA) is 21.7 Å². The molecule has 0 amide bonds. The maximum atomic E-state index is 5.34. The molecule has 0 aliphatic carbocycles. The molecule has 1 rings (SSSR count). The quantitative estimate of drug-likeness (QED) is 0.668. The molecule has 0 aliphatic rings. The van der Waals surface area contributed by atoms with Crippen LogP contribution in [0.4, 0.5) is 0 Å². The third kappa shape index (κ3) is 3.77. The summed E-state index contributed by atoms with van der Waals surface area (Å²) in [5.41, 5.74) is 1.24. The highest BCUT2D eigenvalue weighted by Gasteiger charge is 1.97. The number of hydrogen-bond acceptors (Lipinski definition) is 3. The smallest absolute Gasteiger partial charge is 0.188 e. The van der Waals surface area contributed by atoms with Gasteiger partial charge in [0.2, 0.25) is 0 Å². The second-order valence-electron chi connectivity index (χ2n) is 3.44. The standard InChI is InChI=1S/C11H17NO2/c1-12(2)8-10-5-4-6-11(7-10)14-9-13-3/h4-7H,8-9H2,1-3H3. The molecule has 78 valence electrons. The Morgan fingerprint density at radius 1 is 1.29 bits per heavy atom. The van der Waals surface area contributed by atoms with Crippen LogP contribution in [0.5, 0.6) is 5.75 Å².